The molecule has 0 unspecified atom stereocenters. The fourth-order valence-corrected chi connectivity index (χ4v) is 7.41. The van der Waals surface area contributed by atoms with E-state index < -0.39 is 40.5 Å². The first-order valence-electron chi connectivity index (χ1n) is 23.0. The Bertz CT molecular complexity index is 2800. The normalized spacial score (nSPS) is 11.1. The van der Waals surface area contributed by atoms with Gasteiger partial charge in [-0.25, -0.2) is 9.59 Å². The van der Waals surface area contributed by atoms with E-state index in [4.69, 9.17) is 9.47 Å². The summed E-state index contributed by atoms with van der Waals surface area (Å²) >= 11 is 0. The summed E-state index contributed by atoms with van der Waals surface area (Å²) in [7, 11) is 0. The maximum Gasteiger partial charge on any atom is 0.338 e. The van der Waals surface area contributed by atoms with E-state index in [-0.39, 0.29) is 22.6 Å². The van der Waals surface area contributed by atoms with E-state index >= 15 is 0 Å². The SMILES string of the molecule is CCCCCCn1c(=O)c(C(=O)Nc2ccc(C(=O)OC(C)(C)C)cc2)c(O)c2ccccc21.CCCCCCn1c(=O)c(C(=O)Nc2ccc(C(=O)OCCC)cc2)c(O)c2ccccc21. The van der Waals surface area contributed by atoms with Crippen LogP contribution < -0.4 is 21.8 Å². The zero-order valence-electron chi connectivity index (χ0n) is 39.3. The first-order chi connectivity index (χ1) is 32.1. The molecule has 0 aliphatic rings. The summed E-state index contributed by atoms with van der Waals surface area (Å²) in [5.74, 6) is -2.99. The van der Waals surface area contributed by atoms with Crippen LogP contribution in [0.5, 0.6) is 11.5 Å². The summed E-state index contributed by atoms with van der Waals surface area (Å²) in [5, 5.41) is 27.8. The van der Waals surface area contributed by atoms with Crippen molar-refractivity contribution < 1.29 is 38.9 Å². The van der Waals surface area contributed by atoms with E-state index in [9.17, 15) is 39.0 Å². The molecule has 14 nitrogen and oxygen atoms in total. The monoisotopic (exact) mass is 914 g/mol. The average molecular weight is 915 g/mol. The Balaban J connectivity index is 0.000000251. The lowest BCUT2D eigenvalue weighted by molar-refractivity contribution is 0.00690. The molecule has 354 valence electrons. The van der Waals surface area contributed by atoms with Gasteiger partial charge >= 0.3 is 11.9 Å². The molecule has 6 aromatic rings. The number of unbranched alkanes of at least 4 members (excludes halogenated alkanes) is 6. The van der Waals surface area contributed by atoms with Crippen molar-refractivity contribution in [3.8, 4) is 11.5 Å². The zero-order valence-corrected chi connectivity index (χ0v) is 39.3. The molecule has 0 aliphatic heterocycles. The highest BCUT2D eigenvalue weighted by Gasteiger charge is 2.25. The van der Waals surface area contributed by atoms with Gasteiger partial charge in [-0.1, -0.05) is 83.6 Å². The summed E-state index contributed by atoms with van der Waals surface area (Å²) in [5.41, 5.74) is 0.417. The molecule has 0 spiro atoms. The minimum atomic E-state index is -0.708. The highest BCUT2D eigenvalue weighted by molar-refractivity contribution is 6.10. The number of nitrogens with zero attached hydrogens (tertiary/aromatic N) is 2. The number of hydrogen-bond acceptors (Lipinski definition) is 10. The van der Waals surface area contributed by atoms with Gasteiger partial charge in [0.05, 0.1) is 28.8 Å². The molecular formula is C53H62N4O10. The second-order valence-corrected chi connectivity index (χ2v) is 17.2. The van der Waals surface area contributed by atoms with Gasteiger partial charge in [-0.2, -0.15) is 0 Å². The molecule has 4 N–H and O–H groups in total. The second kappa shape index (κ2) is 23.8. The number of ether oxygens (including phenoxy) is 2. The van der Waals surface area contributed by atoms with Crippen LogP contribution in [-0.2, 0) is 22.6 Å². The molecular weight excluding hydrogens is 853 g/mol. The van der Waals surface area contributed by atoms with Crippen molar-refractivity contribution in [2.45, 2.75) is 118 Å². The molecule has 2 heterocycles. The molecule has 0 saturated carbocycles. The predicted octanol–water partition coefficient (Wildman–Crippen LogP) is 10.6. The van der Waals surface area contributed by atoms with Crippen LogP contribution in [0.15, 0.2) is 107 Å². The Morgan fingerprint density at radius 1 is 0.537 bits per heavy atom. The minimum absolute atomic E-state index is 0.296. The number of rotatable bonds is 18. The number of aromatic nitrogens is 2. The molecule has 0 saturated heterocycles. The number of benzene rings is 4. The van der Waals surface area contributed by atoms with Crippen molar-refractivity contribution in [1.82, 2.24) is 9.13 Å². The first-order valence-corrected chi connectivity index (χ1v) is 23.0. The number of esters is 2. The number of pyridine rings is 2. The Morgan fingerprint density at radius 2 is 0.940 bits per heavy atom. The molecule has 0 fully saturated rings. The number of amides is 2. The molecule has 4 aromatic carbocycles. The van der Waals surface area contributed by atoms with E-state index in [0.29, 0.717) is 64.0 Å². The van der Waals surface area contributed by atoms with Crippen LogP contribution in [0.25, 0.3) is 21.8 Å². The van der Waals surface area contributed by atoms with E-state index in [1.807, 2.05) is 6.92 Å². The van der Waals surface area contributed by atoms with E-state index in [2.05, 4.69) is 24.5 Å². The molecule has 0 radical (unpaired) electrons. The Kier molecular flexibility index (Phi) is 18.0. The van der Waals surface area contributed by atoms with Gasteiger partial charge in [0, 0.05) is 35.2 Å². The third-order valence-corrected chi connectivity index (χ3v) is 10.8. The van der Waals surface area contributed by atoms with E-state index in [0.717, 1.165) is 57.8 Å². The van der Waals surface area contributed by atoms with Crippen molar-refractivity contribution in [3.05, 3.63) is 140 Å². The fraction of sp³-hybridized carbons (Fsp3) is 0.358. The molecule has 14 heteroatoms. The van der Waals surface area contributed by atoms with Gasteiger partial charge in [-0.3, -0.25) is 19.2 Å². The van der Waals surface area contributed by atoms with Crippen molar-refractivity contribution in [1.29, 1.82) is 0 Å². The fourth-order valence-electron chi connectivity index (χ4n) is 7.41. The average Bonchev–Trinajstić information content (AvgIpc) is 3.30. The largest absolute Gasteiger partial charge is 0.506 e. The summed E-state index contributed by atoms with van der Waals surface area (Å²) in [4.78, 5) is 76.7. The highest BCUT2D eigenvalue weighted by Crippen LogP contribution is 2.29. The molecule has 0 aliphatic carbocycles. The summed E-state index contributed by atoms with van der Waals surface area (Å²) in [6.07, 6.45) is 8.58. The number of carbonyl (C=O) groups is 4. The number of carbonyl (C=O) groups excluding carboxylic acids is 4. The highest BCUT2D eigenvalue weighted by atomic mass is 16.6. The molecule has 2 amide bonds. The molecule has 2 aromatic heterocycles. The Labute approximate surface area is 390 Å². The van der Waals surface area contributed by atoms with Crippen LogP contribution in [0.1, 0.15) is 141 Å². The standard InChI is InChI=1S/C27H32N2O5.C26H30N2O5/c1-5-6-7-10-17-29-21-12-9-8-11-20(21)23(30)22(25(29)32)24(31)28-19-15-13-18(14-16-19)26(33)34-27(2,3)4;1-3-5-6-9-16-28-21-11-8-7-10-20(21)23(29)22(25(28)31)24(30)27-19-14-12-18(13-15-19)26(32)33-17-4-2/h8-9,11-16,30H,5-7,10,17H2,1-4H3,(H,28,31);7-8,10-15,29H,3-6,9,16-17H2,1-2H3,(H,27,30). The van der Waals surface area contributed by atoms with Crippen LogP contribution in [0, 0.1) is 0 Å². The Morgan fingerprint density at radius 3 is 1.33 bits per heavy atom. The number of hydrogen-bond donors (Lipinski definition) is 4. The van der Waals surface area contributed by atoms with Gasteiger partial charge in [0.1, 0.15) is 28.2 Å². The summed E-state index contributed by atoms with van der Waals surface area (Å²) < 4.78 is 13.6. The number of nitrogens with one attached hydrogen (secondary N) is 2. The topological polar surface area (TPSA) is 195 Å². The van der Waals surface area contributed by atoms with E-state index in [1.54, 1.807) is 115 Å². The summed E-state index contributed by atoms with van der Waals surface area (Å²) in [6.45, 7) is 12.8. The van der Waals surface area contributed by atoms with Gasteiger partial charge in [0.15, 0.2) is 0 Å². The molecule has 67 heavy (non-hydrogen) atoms. The maximum atomic E-state index is 13.3. The van der Waals surface area contributed by atoms with Crippen molar-refractivity contribution in [2.75, 3.05) is 17.2 Å². The molecule has 6 rings (SSSR count). The second-order valence-electron chi connectivity index (χ2n) is 17.2. The number of aryl methyl sites for hydroxylation is 2. The van der Waals surface area contributed by atoms with Gasteiger partial charge < -0.3 is 39.5 Å². The smallest absolute Gasteiger partial charge is 0.338 e. The van der Waals surface area contributed by atoms with Gasteiger partial charge in [0.2, 0.25) is 0 Å². The minimum Gasteiger partial charge on any atom is -0.506 e. The van der Waals surface area contributed by atoms with Crippen LogP contribution in [0.3, 0.4) is 0 Å². The lowest BCUT2D eigenvalue weighted by Crippen LogP contribution is -2.30. The van der Waals surface area contributed by atoms with Crippen LogP contribution in [0.2, 0.25) is 0 Å². The van der Waals surface area contributed by atoms with Gasteiger partial charge in [-0.05, 0) is 113 Å². The molecule has 0 bridgehead atoms. The first kappa shape index (κ1) is 50.8. The van der Waals surface area contributed by atoms with E-state index in [1.165, 1.54) is 12.1 Å². The van der Waals surface area contributed by atoms with Gasteiger partial charge in [-0.15, -0.1) is 0 Å². The number of anilines is 2. The number of para-hydroxylation sites is 2. The predicted molar refractivity (Wildman–Crippen MR) is 263 cm³/mol. The number of fused-ring (bicyclic) bond motifs is 2. The Hall–Kier alpha value is -7.22. The maximum absolute atomic E-state index is 13.3. The quantitative estimate of drug-likeness (QED) is 0.0476. The third-order valence-electron chi connectivity index (χ3n) is 10.8. The van der Waals surface area contributed by atoms with Crippen molar-refractivity contribution in [3.63, 3.8) is 0 Å². The van der Waals surface area contributed by atoms with Crippen molar-refractivity contribution >= 4 is 56.9 Å². The van der Waals surface area contributed by atoms with Crippen LogP contribution in [-0.4, -0.2) is 55.3 Å². The number of aromatic hydroxyl groups is 2. The third kappa shape index (κ3) is 13.2. The lowest BCUT2D eigenvalue weighted by Gasteiger charge is -2.19. The lowest BCUT2D eigenvalue weighted by atomic mass is 10.1. The van der Waals surface area contributed by atoms with Crippen LogP contribution >= 0.6 is 0 Å². The van der Waals surface area contributed by atoms with Crippen LogP contribution in [0.4, 0.5) is 11.4 Å². The van der Waals surface area contributed by atoms with Gasteiger partial charge in [0.25, 0.3) is 22.9 Å². The van der Waals surface area contributed by atoms with Crippen molar-refractivity contribution in [2.24, 2.45) is 0 Å². The molecule has 0 atom stereocenters. The zero-order chi connectivity index (χ0) is 48.7. The summed E-state index contributed by atoms with van der Waals surface area (Å²) in [6, 6.07) is 26.4.